The molecule has 1 rings (SSSR count). The molecule has 0 saturated heterocycles. The van der Waals surface area contributed by atoms with E-state index in [1.807, 2.05) is 0 Å². The van der Waals surface area contributed by atoms with Crippen LogP contribution in [0.15, 0.2) is 18.2 Å². The molecule has 0 fully saturated rings. The molecular weight excluding hydrogens is 202 g/mol. The normalized spacial score (nSPS) is 10.4. The van der Waals surface area contributed by atoms with Gasteiger partial charge in [-0.3, -0.25) is 4.79 Å². The molecule has 0 aliphatic carbocycles. The predicted molar refractivity (Wildman–Crippen MR) is 67.4 cm³/mol. The number of hydrogen-bond donors (Lipinski definition) is 3. The zero-order valence-electron chi connectivity index (χ0n) is 9.79. The van der Waals surface area contributed by atoms with Crippen molar-refractivity contribution in [3.8, 4) is 0 Å². The van der Waals surface area contributed by atoms with E-state index in [1.54, 1.807) is 18.2 Å². The highest BCUT2D eigenvalue weighted by molar-refractivity contribution is 5.94. The maximum atomic E-state index is 11.0. The maximum absolute atomic E-state index is 11.0. The number of amides is 1. The number of benzene rings is 1. The topological polar surface area (TPSA) is 81.1 Å². The first-order valence-electron chi connectivity index (χ1n) is 5.54. The number of anilines is 2. The Balaban J connectivity index is 2.93. The van der Waals surface area contributed by atoms with E-state index < -0.39 is 5.91 Å². The second-order valence-corrected chi connectivity index (χ2v) is 3.82. The van der Waals surface area contributed by atoms with E-state index in [4.69, 9.17) is 11.5 Å². The van der Waals surface area contributed by atoms with E-state index in [9.17, 15) is 4.79 Å². The van der Waals surface area contributed by atoms with E-state index in [0.717, 1.165) is 18.5 Å². The zero-order valence-corrected chi connectivity index (χ0v) is 9.79. The molecule has 1 amide bonds. The first kappa shape index (κ1) is 12.4. The minimum Gasteiger partial charge on any atom is -0.397 e. The third-order valence-electron chi connectivity index (χ3n) is 2.68. The van der Waals surface area contributed by atoms with Crippen molar-refractivity contribution in [1.82, 2.24) is 0 Å². The first-order valence-corrected chi connectivity index (χ1v) is 5.54. The summed E-state index contributed by atoms with van der Waals surface area (Å²) in [5.41, 5.74) is 12.9. The molecule has 1 aromatic carbocycles. The van der Waals surface area contributed by atoms with Gasteiger partial charge in [0, 0.05) is 11.6 Å². The third-order valence-corrected chi connectivity index (χ3v) is 2.68. The molecule has 0 spiro atoms. The van der Waals surface area contributed by atoms with Gasteiger partial charge >= 0.3 is 0 Å². The highest BCUT2D eigenvalue weighted by Crippen LogP contribution is 2.21. The highest BCUT2D eigenvalue weighted by atomic mass is 16.1. The van der Waals surface area contributed by atoms with E-state index >= 15 is 0 Å². The molecule has 88 valence electrons. The SMILES string of the molecule is CCC(CC)Nc1cc(C(N)=O)ccc1N. The number of nitrogens with one attached hydrogen (secondary N) is 1. The van der Waals surface area contributed by atoms with Gasteiger partial charge in [-0.25, -0.2) is 0 Å². The van der Waals surface area contributed by atoms with Gasteiger partial charge in [0.25, 0.3) is 0 Å². The van der Waals surface area contributed by atoms with Crippen molar-refractivity contribution in [3.05, 3.63) is 23.8 Å². The Bertz CT molecular complexity index is 373. The lowest BCUT2D eigenvalue weighted by molar-refractivity contribution is 0.100. The van der Waals surface area contributed by atoms with Gasteiger partial charge in [-0.05, 0) is 31.0 Å². The van der Waals surface area contributed by atoms with E-state index in [1.165, 1.54) is 0 Å². The number of nitrogens with two attached hydrogens (primary N) is 2. The quantitative estimate of drug-likeness (QED) is 0.665. The predicted octanol–water partition coefficient (Wildman–Crippen LogP) is 1.97. The smallest absolute Gasteiger partial charge is 0.248 e. The molecule has 0 aliphatic rings. The Hall–Kier alpha value is -1.71. The van der Waals surface area contributed by atoms with Crippen LogP contribution in [0.5, 0.6) is 0 Å². The number of primary amides is 1. The number of nitrogen functional groups attached to an aromatic ring is 1. The summed E-state index contributed by atoms with van der Waals surface area (Å²) in [6.07, 6.45) is 2.02. The molecule has 5 N–H and O–H groups in total. The first-order chi connectivity index (χ1) is 7.58. The average Bonchev–Trinajstić information content (AvgIpc) is 2.27. The van der Waals surface area contributed by atoms with Crippen molar-refractivity contribution in [2.24, 2.45) is 5.73 Å². The fraction of sp³-hybridized carbons (Fsp3) is 0.417. The lowest BCUT2D eigenvalue weighted by Crippen LogP contribution is -2.19. The molecule has 0 saturated carbocycles. The van der Waals surface area contributed by atoms with E-state index in [-0.39, 0.29) is 0 Å². The second kappa shape index (κ2) is 5.39. The molecule has 4 heteroatoms. The van der Waals surface area contributed by atoms with E-state index in [2.05, 4.69) is 19.2 Å². The fourth-order valence-corrected chi connectivity index (χ4v) is 1.55. The van der Waals surface area contributed by atoms with Gasteiger partial charge in [0.2, 0.25) is 5.91 Å². The Labute approximate surface area is 96.0 Å². The largest absolute Gasteiger partial charge is 0.397 e. The van der Waals surface area contributed by atoms with Crippen LogP contribution in [-0.2, 0) is 0 Å². The summed E-state index contributed by atoms with van der Waals surface area (Å²) in [6, 6.07) is 5.40. The summed E-state index contributed by atoms with van der Waals surface area (Å²) < 4.78 is 0. The monoisotopic (exact) mass is 221 g/mol. The molecule has 0 aliphatic heterocycles. The molecule has 0 unspecified atom stereocenters. The number of hydrogen-bond acceptors (Lipinski definition) is 3. The van der Waals surface area contributed by atoms with Gasteiger partial charge < -0.3 is 16.8 Å². The van der Waals surface area contributed by atoms with Gasteiger partial charge in [-0.2, -0.15) is 0 Å². The van der Waals surface area contributed by atoms with Crippen molar-refractivity contribution < 1.29 is 4.79 Å². The Morgan fingerprint density at radius 1 is 1.38 bits per heavy atom. The minimum absolute atomic E-state index is 0.366. The van der Waals surface area contributed by atoms with E-state index in [0.29, 0.717) is 17.3 Å². The van der Waals surface area contributed by atoms with Gasteiger partial charge in [-0.15, -0.1) is 0 Å². The van der Waals surface area contributed by atoms with Gasteiger partial charge in [0.05, 0.1) is 11.4 Å². The third kappa shape index (κ3) is 2.89. The molecule has 0 heterocycles. The molecule has 0 bridgehead atoms. The second-order valence-electron chi connectivity index (χ2n) is 3.82. The molecule has 0 atom stereocenters. The van der Waals surface area contributed by atoms with Crippen LogP contribution in [0, 0.1) is 0 Å². The lowest BCUT2D eigenvalue weighted by atomic mass is 10.1. The zero-order chi connectivity index (χ0) is 12.1. The van der Waals surface area contributed by atoms with Gasteiger partial charge in [-0.1, -0.05) is 13.8 Å². The maximum Gasteiger partial charge on any atom is 0.248 e. The summed E-state index contributed by atoms with van der Waals surface area (Å²) in [5, 5.41) is 3.31. The Morgan fingerprint density at radius 3 is 2.50 bits per heavy atom. The lowest BCUT2D eigenvalue weighted by Gasteiger charge is -2.18. The minimum atomic E-state index is -0.437. The van der Waals surface area contributed by atoms with Crippen molar-refractivity contribution in [2.75, 3.05) is 11.1 Å². The summed E-state index contributed by atoms with van der Waals surface area (Å²) in [5.74, 6) is -0.437. The van der Waals surface area contributed by atoms with Crippen LogP contribution >= 0.6 is 0 Å². The van der Waals surface area contributed by atoms with Gasteiger partial charge in [0.15, 0.2) is 0 Å². The average molecular weight is 221 g/mol. The molecule has 0 aromatic heterocycles. The highest BCUT2D eigenvalue weighted by Gasteiger charge is 2.08. The molecular formula is C12H19N3O. The summed E-state index contributed by atoms with van der Waals surface area (Å²) in [7, 11) is 0. The van der Waals surface area contributed by atoms with Crippen LogP contribution in [0.1, 0.15) is 37.0 Å². The summed E-state index contributed by atoms with van der Waals surface area (Å²) in [4.78, 5) is 11.0. The Kier molecular flexibility index (Phi) is 4.17. The van der Waals surface area contributed by atoms with Crippen LogP contribution in [0.3, 0.4) is 0 Å². The number of carbonyl (C=O) groups excluding carboxylic acids is 1. The van der Waals surface area contributed by atoms with Crippen molar-refractivity contribution >= 4 is 17.3 Å². The van der Waals surface area contributed by atoms with Crippen molar-refractivity contribution in [2.45, 2.75) is 32.7 Å². The van der Waals surface area contributed by atoms with Crippen LogP contribution in [0.25, 0.3) is 0 Å². The Morgan fingerprint density at radius 2 is 2.00 bits per heavy atom. The summed E-state index contributed by atoms with van der Waals surface area (Å²) in [6.45, 7) is 4.21. The molecule has 0 radical (unpaired) electrons. The van der Waals surface area contributed by atoms with Crippen LogP contribution in [-0.4, -0.2) is 11.9 Å². The van der Waals surface area contributed by atoms with Crippen LogP contribution in [0.2, 0.25) is 0 Å². The standard InChI is InChI=1S/C12H19N3O/c1-3-9(4-2)15-11-7-8(12(14)16)5-6-10(11)13/h5-7,9,15H,3-4,13H2,1-2H3,(H2,14,16). The van der Waals surface area contributed by atoms with Gasteiger partial charge in [0.1, 0.15) is 0 Å². The number of rotatable bonds is 5. The molecule has 1 aromatic rings. The van der Waals surface area contributed by atoms with Crippen LogP contribution in [0.4, 0.5) is 11.4 Å². The fourth-order valence-electron chi connectivity index (χ4n) is 1.55. The van der Waals surface area contributed by atoms with Crippen molar-refractivity contribution in [3.63, 3.8) is 0 Å². The molecule has 16 heavy (non-hydrogen) atoms. The van der Waals surface area contributed by atoms with Crippen LogP contribution < -0.4 is 16.8 Å². The number of carbonyl (C=O) groups is 1. The van der Waals surface area contributed by atoms with Crippen molar-refractivity contribution in [1.29, 1.82) is 0 Å². The molecule has 4 nitrogen and oxygen atoms in total. The summed E-state index contributed by atoms with van der Waals surface area (Å²) >= 11 is 0.